The van der Waals surface area contributed by atoms with Crippen LogP contribution in [-0.2, 0) is 11.2 Å². The standard InChI is InChI=1S/C12H17N3O/c13-8-1-2-10-3-5-11(6-4-10)15-12(16)7-9-14-15/h3-6,14H,1-2,7-9,13H2. The summed E-state index contributed by atoms with van der Waals surface area (Å²) in [6.45, 7) is 1.45. The van der Waals surface area contributed by atoms with Crippen LogP contribution < -0.4 is 16.2 Å². The van der Waals surface area contributed by atoms with E-state index in [0.717, 1.165) is 25.1 Å². The van der Waals surface area contributed by atoms with Gasteiger partial charge in [-0.15, -0.1) is 0 Å². The fraction of sp³-hybridized carbons (Fsp3) is 0.417. The Bertz CT molecular complexity index is 361. The van der Waals surface area contributed by atoms with E-state index in [1.54, 1.807) is 5.01 Å². The van der Waals surface area contributed by atoms with Crippen molar-refractivity contribution in [3.8, 4) is 0 Å². The van der Waals surface area contributed by atoms with Crippen molar-refractivity contribution in [2.45, 2.75) is 19.3 Å². The van der Waals surface area contributed by atoms with Crippen molar-refractivity contribution in [3.05, 3.63) is 29.8 Å². The fourth-order valence-electron chi connectivity index (χ4n) is 1.83. The molecule has 0 atom stereocenters. The van der Waals surface area contributed by atoms with Crippen LogP contribution >= 0.6 is 0 Å². The number of hydrogen-bond donors (Lipinski definition) is 2. The summed E-state index contributed by atoms with van der Waals surface area (Å²) >= 11 is 0. The van der Waals surface area contributed by atoms with Crippen LogP contribution in [0.15, 0.2) is 24.3 Å². The van der Waals surface area contributed by atoms with Crippen LogP contribution in [-0.4, -0.2) is 19.0 Å². The first-order chi connectivity index (χ1) is 7.81. The van der Waals surface area contributed by atoms with Crippen LogP contribution in [0.2, 0.25) is 0 Å². The molecule has 1 amide bonds. The first-order valence-corrected chi connectivity index (χ1v) is 5.67. The lowest BCUT2D eigenvalue weighted by molar-refractivity contribution is -0.117. The van der Waals surface area contributed by atoms with Gasteiger partial charge in [0.05, 0.1) is 5.69 Å². The van der Waals surface area contributed by atoms with Gasteiger partial charge in [-0.3, -0.25) is 4.79 Å². The summed E-state index contributed by atoms with van der Waals surface area (Å²) in [6.07, 6.45) is 2.58. The highest BCUT2D eigenvalue weighted by atomic mass is 16.2. The monoisotopic (exact) mass is 219 g/mol. The van der Waals surface area contributed by atoms with Gasteiger partial charge in [0.1, 0.15) is 0 Å². The maximum absolute atomic E-state index is 11.5. The minimum atomic E-state index is 0.134. The van der Waals surface area contributed by atoms with Crippen molar-refractivity contribution in [2.24, 2.45) is 5.73 Å². The maximum atomic E-state index is 11.5. The number of nitrogens with one attached hydrogen (secondary N) is 1. The third-order valence-electron chi connectivity index (χ3n) is 2.72. The molecule has 0 aliphatic carbocycles. The topological polar surface area (TPSA) is 58.4 Å². The zero-order valence-electron chi connectivity index (χ0n) is 9.28. The Morgan fingerprint density at radius 3 is 2.62 bits per heavy atom. The quantitative estimate of drug-likeness (QED) is 0.788. The number of nitrogens with two attached hydrogens (primary N) is 1. The van der Waals surface area contributed by atoms with Gasteiger partial charge in [0.2, 0.25) is 5.91 Å². The molecule has 16 heavy (non-hydrogen) atoms. The number of benzene rings is 1. The number of aryl methyl sites for hydroxylation is 1. The molecule has 0 bridgehead atoms. The largest absolute Gasteiger partial charge is 0.330 e. The molecule has 86 valence electrons. The van der Waals surface area contributed by atoms with E-state index in [-0.39, 0.29) is 5.91 Å². The number of carbonyl (C=O) groups is 1. The third-order valence-corrected chi connectivity index (χ3v) is 2.72. The number of rotatable bonds is 4. The molecule has 0 saturated carbocycles. The van der Waals surface area contributed by atoms with Gasteiger partial charge < -0.3 is 5.73 Å². The molecule has 1 aliphatic rings. The molecule has 4 nitrogen and oxygen atoms in total. The van der Waals surface area contributed by atoms with E-state index >= 15 is 0 Å². The molecule has 1 aromatic carbocycles. The number of amides is 1. The van der Waals surface area contributed by atoms with Crippen molar-refractivity contribution in [1.82, 2.24) is 5.43 Å². The van der Waals surface area contributed by atoms with Crippen molar-refractivity contribution >= 4 is 11.6 Å². The molecule has 1 saturated heterocycles. The first-order valence-electron chi connectivity index (χ1n) is 5.67. The van der Waals surface area contributed by atoms with Crippen LogP contribution in [0, 0.1) is 0 Å². The highest BCUT2D eigenvalue weighted by Gasteiger charge is 2.20. The van der Waals surface area contributed by atoms with Crippen molar-refractivity contribution in [3.63, 3.8) is 0 Å². The van der Waals surface area contributed by atoms with E-state index in [1.807, 2.05) is 12.1 Å². The molecule has 1 aliphatic heterocycles. The summed E-state index contributed by atoms with van der Waals surface area (Å²) in [5, 5.41) is 1.62. The Balaban J connectivity index is 2.04. The second-order valence-corrected chi connectivity index (χ2v) is 3.95. The lowest BCUT2D eigenvalue weighted by Gasteiger charge is -2.15. The summed E-state index contributed by atoms with van der Waals surface area (Å²) in [5.41, 5.74) is 10.7. The van der Waals surface area contributed by atoms with E-state index in [9.17, 15) is 4.79 Å². The molecule has 1 heterocycles. The lowest BCUT2D eigenvalue weighted by atomic mass is 10.1. The Morgan fingerprint density at radius 1 is 1.31 bits per heavy atom. The lowest BCUT2D eigenvalue weighted by Crippen LogP contribution is -2.33. The van der Waals surface area contributed by atoms with Crippen LogP contribution in [0.1, 0.15) is 18.4 Å². The van der Waals surface area contributed by atoms with Gasteiger partial charge in [-0.05, 0) is 37.1 Å². The highest BCUT2D eigenvalue weighted by Crippen LogP contribution is 2.17. The molecule has 4 heteroatoms. The highest BCUT2D eigenvalue weighted by molar-refractivity contribution is 5.94. The third kappa shape index (κ3) is 2.40. The van der Waals surface area contributed by atoms with E-state index < -0.39 is 0 Å². The molecule has 0 spiro atoms. The van der Waals surface area contributed by atoms with Crippen LogP contribution in [0.25, 0.3) is 0 Å². The van der Waals surface area contributed by atoms with Gasteiger partial charge in [0.25, 0.3) is 0 Å². The number of anilines is 1. The number of hydrogen-bond acceptors (Lipinski definition) is 3. The molecule has 0 radical (unpaired) electrons. The maximum Gasteiger partial charge on any atom is 0.242 e. The molecular weight excluding hydrogens is 202 g/mol. The minimum Gasteiger partial charge on any atom is -0.330 e. The second kappa shape index (κ2) is 5.09. The SMILES string of the molecule is NCCCc1ccc(N2NCCC2=O)cc1. The van der Waals surface area contributed by atoms with E-state index in [1.165, 1.54) is 5.56 Å². The number of hydrazine groups is 1. The first kappa shape index (κ1) is 11.1. The molecular formula is C12H17N3O. The summed E-state index contributed by atoms with van der Waals surface area (Å²) < 4.78 is 0. The Morgan fingerprint density at radius 2 is 2.06 bits per heavy atom. The second-order valence-electron chi connectivity index (χ2n) is 3.95. The molecule has 0 aromatic heterocycles. The smallest absolute Gasteiger partial charge is 0.242 e. The zero-order chi connectivity index (χ0) is 11.4. The van der Waals surface area contributed by atoms with Gasteiger partial charge in [-0.1, -0.05) is 12.1 Å². The molecule has 1 aromatic rings. The predicted octanol–water partition coefficient (Wildman–Crippen LogP) is 0.819. The molecule has 1 fully saturated rings. The Labute approximate surface area is 95.4 Å². The predicted molar refractivity (Wildman–Crippen MR) is 63.9 cm³/mol. The van der Waals surface area contributed by atoms with E-state index in [2.05, 4.69) is 17.6 Å². The summed E-state index contributed by atoms with van der Waals surface area (Å²) in [4.78, 5) is 11.5. The average Bonchev–Trinajstić information content (AvgIpc) is 2.74. The normalized spacial score (nSPS) is 15.8. The van der Waals surface area contributed by atoms with Crippen molar-refractivity contribution in [2.75, 3.05) is 18.1 Å². The summed E-state index contributed by atoms with van der Waals surface area (Å²) in [7, 11) is 0. The van der Waals surface area contributed by atoms with Crippen LogP contribution in [0.3, 0.4) is 0 Å². The van der Waals surface area contributed by atoms with Crippen molar-refractivity contribution in [1.29, 1.82) is 0 Å². The molecule has 0 unspecified atom stereocenters. The number of carbonyl (C=O) groups excluding carboxylic acids is 1. The molecule has 2 rings (SSSR count). The minimum absolute atomic E-state index is 0.134. The summed E-state index contributed by atoms with van der Waals surface area (Å²) in [6, 6.07) is 8.06. The van der Waals surface area contributed by atoms with E-state index in [0.29, 0.717) is 13.0 Å². The Kier molecular flexibility index (Phi) is 3.54. The van der Waals surface area contributed by atoms with Crippen LogP contribution in [0.5, 0.6) is 0 Å². The van der Waals surface area contributed by atoms with Gasteiger partial charge in [0.15, 0.2) is 0 Å². The summed E-state index contributed by atoms with van der Waals surface area (Å²) in [5.74, 6) is 0.134. The zero-order valence-corrected chi connectivity index (χ0v) is 9.28. The van der Waals surface area contributed by atoms with Gasteiger partial charge in [-0.25, -0.2) is 10.4 Å². The van der Waals surface area contributed by atoms with Gasteiger partial charge in [0, 0.05) is 13.0 Å². The molecule has 3 N–H and O–H groups in total. The Hall–Kier alpha value is -1.39. The number of nitrogens with zero attached hydrogens (tertiary/aromatic N) is 1. The van der Waals surface area contributed by atoms with E-state index in [4.69, 9.17) is 5.73 Å². The fourth-order valence-corrected chi connectivity index (χ4v) is 1.83. The van der Waals surface area contributed by atoms with Crippen molar-refractivity contribution < 1.29 is 4.79 Å². The van der Waals surface area contributed by atoms with Gasteiger partial charge in [-0.2, -0.15) is 0 Å². The van der Waals surface area contributed by atoms with Crippen LogP contribution in [0.4, 0.5) is 5.69 Å². The average molecular weight is 219 g/mol. The van der Waals surface area contributed by atoms with Gasteiger partial charge >= 0.3 is 0 Å².